The Morgan fingerprint density at radius 2 is 0.774 bits per heavy atom. The molecule has 6 aromatic rings. The van der Waals surface area contributed by atoms with E-state index in [1.54, 1.807) is 12.1 Å². The van der Waals surface area contributed by atoms with Crippen LogP contribution in [0.5, 0.6) is 11.5 Å². The first-order valence-electron chi connectivity index (χ1n) is 16.5. The minimum atomic E-state index is -0.905. The molecular formula is C43H20O10. The third kappa shape index (κ3) is 4.20. The van der Waals surface area contributed by atoms with Crippen molar-refractivity contribution in [1.82, 2.24) is 0 Å². The van der Waals surface area contributed by atoms with Gasteiger partial charge in [0, 0.05) is 0 Å². The van der Waals surface area contributed by atoms with E-state index in [1.807, 2.05) is 48.5 Å². The molecule has 4 aliphatic rings. The van der Waals surface area contributed by atoms with E-state index in [4.69, 9.17) is 9.47 Å². The zero-order valence-electron chi connectivity index (χ0n) is 27.1. The fourth-order valence-electron chi connectivity index (χ4n) is 7.98. The Labute approximate surface area is 299 Å². The van der Waals surface area contributed by atoms with Crippen molar-refractivity contribution in [2.24, 2.45) is 0 Å². The molecule has 252 valence electrons. The van der Waals surface area contributed by atoms with Crippen molar-refractivity contribution in [2.75, 3.05) is 0 Å². The summed E-state index contributed by atoms with van der Waals surface area (Å²) in [6, 6.07) is 35.0. The summed E-state index contributed by atoms with van der Waals surface area (Å²) in [5.41, 5.74) is 6.84. The molecule has 0 saturated heterocycles. The molecular weight excluding hydrogens is 676 g/mol. The molecule has 10 rings (SSSR count). The van der Waals surface area contributed by atoms with Gasteiger partial charge >= 0.3 is 35.8 Å². The Kier molecular flexibility index (Phi) is 6.17. The lowest BCUT2D eigenvalue weighted by molar-refractivity contribution is 0.0425. The van der Waals surface area contributed by atoms with E-state index >= 15 is 0 Å². The van der Waals surface area contributed by atoms with Gasteiger partial charge < -0.3 is 18.9 Å². The number of cyclic esters (lactones) is 4. The molecule has 0 fully saturated rings. The molecule has 0 amide bonds. The van der Waals surface area contributed by atoms with Crippen LogP contribution in [-0.4, -0.2) is 35.8 Å². The molecule has 2 aliphatic carbocycles. The Hall–Kier alpha value is -7.46. The van der Waals surface area contributed by atoms with Gasteiger partial charge in [-0.15, -0.1) is 0 Å². The number of carbonyl (C=O) groups excluding carboxylic acids is 6. The maximum atomic E-state index is 13.4. The normalized spacial score (nSPS) is 14.8. The number of carbonyl (C=O) groups is 6. The van der Waals surface area contributed by atoms with Crippen LogP contribution in [-0.2, 0) is 14.9 Å². The first-order valence-corrected chi connectivity index (χ1v) is 16.5. The van der Waals surface area contributed by atoms with Crippen LogP contribution in [0.4, 0.5) is 0 Å². The summed E-state index contributed by atoms with van der Waals surface area (Å²) in [5.74, 6) is -4.13. The van der Waals surface area contributed by atoms with Gasteiger partial charge in [0.15, 0.2) is 0 Å². The predicted molar refractivity (Wildman–Crippen MR) is 185 cm³/mol. The van der Waals surface area contributed by atoms with E-state index in [-0.39, 0.29) is 44.9 Å². The molecule has 6 aromatic carbocycles. The van der Waals surface area contributed by atoms with Crippen LogP contribution >= 0.6 is 0 Å². The largest absolute Gasteiger partial charge is 0.423 e. The summed E-state index contributed by atoms with van der Waals surface area (Å²) in [6.45, 7) is 0. The zero-order chi connectivity index (χ0) is 36.2. The molecule has 0 bridgehead atoms. The van der Waals surface area contributed by atoms with E-state index in [2.05, 4.69) is 33.7 Å². The van der Waals surface area contributed by atoms with Crippen LogP contribution in [0.15, 0.2) is 121 Å². The van der Waals surface area contributed by atoms with Gasteiger partial charge in [0.1, 0.15) is 11.5 Å². The number of fused-ring (bicyclic) bond motifs is 12. The third-order valence-electron chi connectivity index (χ3n) is 10.2. The topological polar surface area (TPSA) is 139 Å². The molecule has 53 heavy (non-hydrogen) atoms. The smallest absolute Gasteiger partial charge is 0.346 e. The summed E-state index contributed by atoms with van der Waals surface area (Å²) >= 11 is 0. The average Bonchev–Trinajstić information content (AvgIpc) is 3.84. The zero-order valence-corrected chi connectivity index (χ0v) is 27.1. The molecule has 10 heteroatoms. The molecule has 0 saturated carbocycles. The van der Waals surface area contributed by atoms with Gasteiger partial charge in [0.25, 0.3) is 0 Å². The van der Waals surface area contributed by atoms with E-state index in [0.717, 1.165) is 44.5 Å². The van der Waals surface area contributed by atoms with E-state index in [1.165, 1.54) is 36.4 Å². The van der Waals surface area contributed by atoms with E-state index in [0.29, 0.717) is 0 Å². The molecule has 0 atom stereocenters. The average molecular weight is 697 g/mol. The van der Waals surface area contributed by atoms with Crippen LogP contribution < -0.4 is 9.47 Å². The number of hydrogen-bond acceptors (Lipinski definition) is 10. The van der Waals surface area contributed by atoms with Crippen molar-refractivity contribution in [1.29, 1.82) is 0 Å². The van der Waals surface area contributed by atoms with Gasteiger partial charge in [0.05, 0.1) is 38.8 Å². The van der Waals surface area contributed by atoms with Crippen LogP contribution in [0.25, 0.3) is 22.3 Å². The lowest BCUT2D eigenvalue weighted by atomic mass is 9.70. The molecule has 0 radical (unpaired) electrons. The van der Waals surface area contributed by atoms with Crippen LogP contribution in [0.1, 0.15) is 84.4 Å². The first kappa shape index (κ1) is 30.4. The highest BCUT2D eigenvalue weighted by atomic mass is 16.6. The van der Waals surface area contributed by atoms with Crippen molar-refractivity contribution in [3.05, 3.63) is 177 Å². The minimum absolute atomic E-state index is 0.00254. The van der Waals surface area contributed by atoms with Crippen LogP contribution in [0, 0.1) is 0 Å². The SMILES string of the molecule is O=C(Oc1ccc2c(c1)C1(c3ccccc3-c3ccccc31)c1cc(OC(=O)c3ccc4c(c3)C(=O)OC4=O)ccc1-2)c1ccc2c(c1)C(=O)OC2=O. The summed E-state index contributed by atoms with van der Waals surface area (Å²) < 4.78 is 21.1. The highest BCUT2D eigenvalue weighted by molar-refractivity contribution is 6.16. The van der Waals surface area contributed by atoms with Gasteiger partial charge in [0.2, 0.25) is 0 Å². The Balaban J connectivity index is 1.08. The van der Waals surface area contributed by atoms with E-state index in [9.17, 15) is 28.8 Å². The van der Waals surface area contributed by atoms with E-state index < -0.39 is 41.2 Å². The van der Waals surface area contributed by atoms with Gasteiger partial charge in [-0.2, -0.15) is 0 Å². The lowest BCUT2D eigenvalue weighted by Gasteiger charge is -2.30. The second kappa shape index (κ2) is 10.8. The molecule has 2 aliphatic heterocycles. The molecule has 10 nitrogen and oxygen atoms in total. The monoisotopic (exact) mass is 696 g/mol. The maximum Gasteiger partial charge on any atom is 0.346 e. The van der Waals surface area contributed by atoms with Crippen molar-refractivity contribution in [2.45, 2.75) is 5.41 Å². The standard InChI is InChI=1S/C43H20O10/c44-37(21-9-13-29-31(17-21)41(48)52-39(29)46)50-23-11-15-27-28-16-12-24(51-38(45)22-10-14-30-32(18-22)42(49)53-40(30)47)20-36(28)43(35(27)19-23)33-7-3-1-5-25(33)26-6-2-4-8-34(26)43/h1-20H. The quantitative estimate of drug-likeness (QED) is 0.106. The first-order chi connectivity index (χ1) is 25.7. The summed E-state index contributed by atoms with van der Waals surface area (Å²) in [6.07, 6.45) is 0. The fraction of sp³-hybridized carbons (Fsp3) is 0.0233. The lowest BCUT2D eigenvalue weighted by Crippen LogP contribution is -2.26. The maximum absolute atomic E-state index is 13.4. The number of esters is 6. The van der Waals surface area contributed by atoms with Gasteiger partial charge in [-0.25, -0.2) is 28.8 Å². The summed E-state index contributed by atoms with van der Waals surface area (Å²) in [7, 11) is 0. The Bertz CT molecular complexity index is 2570. The van der Waals surface area contributed by atoms with Crippen molar-refractivity contribution < 1.29 is 47.7 Å². The Morgan fingerprint density at radius 3 is 1.23 bits per heavy atom. The third-order valence-corrected chi connectivity index (χ3v) is 10.2. The molecule has 2 heterocycles. The molecule has 0 N–H and O–H groups in total. The second-order valence-electron chi connectivity index (χ2n) is 12.9. The van der Waals surface area contributed by atoms with Crippen LogP contribution in [0.3, 0.4) is 0 Å². The van der Waals surface area contributed by atoms with Gasteiger partial charge in [-0.05, 0) is 105 Å². The molecule has 1 spiro atoms. The summed E-state index contributed by atoms with van der Waals surface area (Å²) in [5, 5.41) is 0. The summed E-state index contributed by atoms with van der Waals surface area (Å²) in [4.78, 5) is 75.1. The number of benzene rings is 6. The highest BCUT2D eigenvalue weighted by Crippen LogP contribution is 2.63. The van der Waals surface area contributed by atoms with Gasteiger partial charge in [-0.3, -0.25) is 0 Å². The number of ether oxygens (including phenoxy) is 4. The number of rotatable bonds is 4. The van der Waals surface area contributed by atoms with Gasteiger partial charge in [-0.1, -0.05) is 60.7 Å². The van der Waals surface area contributed by atoms with Crippen molar-refractivity contribution in [3.8, 4) is 33.8 Å². The number of hydrogen-bond donors (Lipinski definition) is 0. The molecule has 0 unspecified atom stereocenters. The second-order valence-corrected chi connectivity index (χ2v) is 12.9. The predicted octanol–water partition coefficient (Wildman–Crippen LogP) is 7.09. The minimum Gasteiger partial charge on any atom is -0.423 e. The highest BCUT2D eigenvalue weighted by Gasteiger charge is 2.52. The Morgan fingerprint density at radius 1 is 0.396 bits per heavy atom. The van der Waals surface area contributed by atoms with Crippen LogP contribution in [0.2, 0.25) is 0 Å². The fourth-order valence-corrected chi connectivity index (χ4v) is 7.98. The molecule has 0 aromatic heterocycles. The van der Waals surface area contributed by atoms with Crippen molar-refractivity contribution >= 4 is 35.8 Å². The van der Waals surface area contributed by atoms with Crippen molar-refractivity contribution in [3.63, 3.8) is 0 Å².